The van der Waals surface area contributed by atoms with Crippen LogP contribution in [0.25, 0.3) is 0 Å². The summed E-state index contributed by atoms with van der Waals surface area (Å²) >= 11 is 0. The third-order valence-electron chi connectivity index (χ3n) is 3.79. The van der Waals surface area contributed by atoms with Gasteiger partial charge in [-0.3, -0.25) is 0 Å². The van der Waals surface area contributed by atoms with Gasteiger partial charge in [-0.05, 0) is 54.6 Å². The van der Waals surface area contributed by atoms with E-state index in [4.69, 9.17) is 26.0 Å². The fraction of sp³-hybridized carbons (Fsp3) is 0. The van der Waals surface area contributed by atoms with Crippen molar-refractivity contribution < 1.29 is 29.3 Å². The number of hydrogen-bond donors (Lipinski definition) is 4. The second-order valence-electron chi connectivity index (χ2n) is 5.79. The summed E-state index contributed by atoms with van der Waals surface area (Å²) in [7, 11) is 0. The number of phenols is 1. The Labute approximate surface area is 159 Å². The van der Waals surface area contributed by atoms with Crippen molar-refractivity contribution in [2.75, 3.05) is 11.5 Å². The van der Waals surface area contributed by atoms with Crippen LogP contribution in [0.4, 0.5) is 11.4 Å². The number of carbonyl (C=O) groups is 2. The normalized spacial score (nSPS) is 10.3. The van der Waals surface area contributed by atoms with Crippen molar-refractivity contribution in [2.24, 2.45) is 0 Å². The van der Waals surface area contributed by atoms with Gasteiger partial charge in [0.05, 0.1) is 22.5 Å². The van der Waals surface area contributed by atoms with E-state index in [-0.39, 0.29) is 34.0 Å². The van der Waals surface area contributed by atoms with Gasteiger partial charge in [-0.15, -0.1) is 0 Å². The Balaban J connectivity index is 1.69. The van der Waals surface area contributed by atoms with Gasteiger partial charge in [-0.25, -0.2) is 9.59 Å². The van der Waals surface area contributed by atoms with Crippen LogP contribution in [0.2, 0.25) is 0 Å². The van der Waals surface area contributed by atoms with Crippen LogP contribution in [0.5, 0.6) is 23.0 Å². The molecule has 0 unspecified atom stereocenters. The number of aromatic hydroxyl groups is 1. The molecule has 8 heteroatoms. The van der Waals surface area contributed by atoms with Gasteiger partial charge >= 0.3 is 11.9 Å². The summed E-state index contributed by atoms with van der Waals surface area (Å²) in [6, 6.07) is 14.5. The zero-order valence-corrected chi connectivity index (χ0v) is 14.5. The fourth-order valence-electron chi connectivity index (χ4n) is 2.31. The molecule has 0 heterocycles. The van der Waals surface area contributed by atoms with E-state index in [0.717, 1.165) is 0 Å². The van der Waals surface area contributed by atoms with E-state index in [1.807, 2.05) is 0 Å². The Morgan fingerprint density at radius 2 is 1.32 bits per heavy atom. The molecule has 28 heavy (non-hydrogen) atoms. The molecular weight excluding hydrogens is 364 g/mol. The number of carboxylic acids is 1. The van der Waals surface area contributed by atoms with Crippen LogP contribution in [-0.4, -0.2) is 22.2 Å². The monoisotopic (exact) mass is 380 g/mol. The average molecular weight is 380 g/mol. The number of phenolic OH excluding ortho intramolecular Hbond substituents is 1. The molecule has 0 saturated carbocycles. The molecule has 0 bridgehead atoms. The maximum absolute atomic E-state index is 12.2. The van der Waals surface area contributed by atoms with Gasteiger partial charge in [0.1, 0.15) is 17.2 Å². The highest BCUT2D eigenvalue weighted by Gasteiger charge is 2.13. The van der Waals surface area contributed by atoms with E-state index in [9.17, 15) is 14.7 Å². The SMILES string of the molecule is Nc1cc(N)c(OC(=O)c2ccc(Oc3ccc(C(=O)O)cc3)cc2)cc1O. The maximum atomic E-state index is 12.2. The van der Waals surface area contributed by atoms with Crippen LogP contribution in [0.15, 0.2) is 60.7 Å². The van der Waals surface area contributed by atoms with Crippen molar-refractivity contribution in [3.63, 3.8) is 0 Å². The Morgan fingerprint density at radius 1 is 0.786 bits per heavy atom. The minimum Gasteiger partial charge on any atom is -0.506 e. The number of anilines is 2. The summed E-state index contributed by atoms with van der Waals surface area (Å²) in [5.74, 6) is -1.04. The molecule has 0 fully saturated rings. The number of nitrogens with two attached hydrogens (primary N) is 2. The molecule has 0 aliphatic heterocycles. The number of carboxylic acid groups (broad SMARTS) is 1. The first-order valence-corrected chi connectivity index (χ1v) is 8.05. The molecule has 0 aliphatic carbocycles. The Kier molecular flexibility index (Phi) is 5.03. The second-order valence-corrected chi connectivity index (χ2v) is 5.79. The summed E-state index contributed by atoms with van der Waals surface area (Å²) in [4.78, 5) is 23.1. The van der Waals surface area contributed by atoms with E-state index in [1.165, 1.54) is 48.5 Å². The molecule has 0 spiro atoms. The van der Waals surface area contributed by atoms with Crippen molar-refractivity contribution in [1.82, 2.24) is 0 Å². The first kappa shape index (κ1) is 18.6. The molecule has 0 aromatic heterocycles. The summed E-state index contributed by atoms with van der Waals surface area (Å²) in [5, 5.41) is 18.5. The first-order chi connectivity index (χ1) is 13.3. The van der Waals surface area contributed by atoms with E-state index in [0.29, 0.717) is 11.5 Å². The van der Waals surface area contributed by atoms with Gasteiger partial charge in [0.25, 0.3) is 0 Å². The Hall–Kier alpha value is -4.20. The molecule has 142 valence electrons. The summed E-state index contributed by atoms with van der Waals surface area (Å²) < 4.78 is 10.8. The Bertz CT molecular complexity index is 1030. The molecule has 6 N–H and O–H groups in total. The van der Waals surface area contributed by atoms with E-state index in [1.54, 1.807) is 12.1 Å². The van der Waals surface area contributed by atoms with Crippen molar-refractivity contribution in [3.8, 4) is 23.0 Å². The molecule has 0 radical (unpaired) electrons. The molecule has 3 aromatic rings. The van der Waals surface area contributed by atoms with Crippen molar-refractivity contribution >= 4 is 23.3 Å². The lowest BCUT2D eigenvalue weighted by Gasteiger charge is -2.10. The van der Waals surface area contributed by atoms with Gasteiger partial charge in [-0.1, -0.05) is 0 Å². The van der Waals surface area contributed by atoms with Crippen molar-refractivity contribution in [1.29, 1.82) is 0 Å². The minimum atomic E-state index is -1.02. The summed E-state index contributed by atoms with van der Waals surface area (Å²) in [6.45, 7) is 0. The molecule has 0 atom stereocenters. The highest BCUT2D eigenvalue weighted by Crippen LogP contribution is 2.32. The highest BCUT2D eigenvalue weighted by atomic mass is 16.5. The summed E-state index contributed by atoms with van der Waals surface area (Å²) in [6.07, 6.45) is 0. The van der Waals surface area contributed by atoms with E-state index >= 15 is 0 Å². The number of nitrogen functional groups attached to an aromatic ring is 2. The van der Waals surface area contributed by atoms with E-state index in [2.05, 4.69) is 0 Å². The van der Waals surface area contributed by atoms with Crippen molar-refractivity contribution in [2.45, 2.75) is 0 Å². The van der Waals surface area contributed by atoms with Crippen LogP contribution in [0.1, 0.15) is 20.7 Å². The first-order valence-electron chi connectivity index (χ1n) is 8.05. The zero-order chi connectivity index (χ0) is 20.3. The van der Waals surface area contributed by atoms with E-state index < -0.39 is 11.9 Å². The molecule has 0 aliphatic rings. The number of rotatable bonds is 5. The zero-order valence-electron chi connectivity index (χ0n) is 14.5. The number of benzene rings is 3. The smallest absolute Gasteiger partial charge is 0.343 e. The molecule has 8 nitrogen and oxygen atoms in total. The molecule has 0 saturated heterocycles. The number of esters is 1. The minimum absolute atomic E-state index is 0.00412. The summed E-state index contributed by atoms with van der Waals surface area (Å²) in [5.41, 5.74) is 11.8. The predicted octanol–water partition coefficient (Wildman–Crippen LogP) is 3.27. The lowest BCUT2D eigenvalue weighted by molar-refractivity contribution is 0.0694. The predicted molar refractivity (Wildman–Crippen MR) is 102 cm³/mol. The third kappa shape index (κ3) is 4.13. The van der Waals surface area contributed by atoms with Gasteiger partial charge < -0.3 is 31.2 Å². The topological polar surface area (TPSA) is 145 Å². The number of hydrogen-bond acceptors (Lipinski definition) is 7. The number of ether oxygens (including phenoxy) is 2. The Morgan fingerprint density at radius 3 is 1.86 bits per heavy atom. The largest absolute Gasteiger partial charge is 0.506 e. The number of aromatic carboxylic acids is 1. The molecule has 3 rings (SSSR count). The third-order valence-corrected chi connectivity index (χ3v) is 3.79. The van der Waals surface area contributed by atoms with Crippen molar-refractivity contribution in [3.05, 3.63) is 71.8 Å². The fourth-order valence-corrected chi connectivity index (χ4v) is 2.31. The molecule has 0 amide bonds. The van der Waals surface area contributed by atoms with Crippen LogP contribution in [0, 0.1) is 0 Å². The lowest BCUT2D eigenvalue weighted by Crippen LogP contribution is -2.10. The van der Waals surface area contributed by atoms with Crippen LogP contribution >= 0.6 is 0 Å². The van der Waals surface area contributed by atoms with Gasteiger partial charge in [0, 0.05) is 6.07 Å². The maximum Gasteiger partial charge on any atom is 0.343 e. The van der Waals surface area contributed by atoms with Gasteiger partial charge in [0.15, 0.2) is 5.75 Å². The van der Waals surface area contributed by atoms with Gasteiger partial charge in [-0.2, -0.15) is 0 Å². The highest BCUT2D eigenvalue weighted by molar-refractivity contribution is 5.92. The molecular formula is C20H16N2O6. The number of carbonyl (C=O) groups excluding carboxylic acids is 1. The second kappa shape index (κ2) is 7.58. The lowest BCUT2D eigenvalue weighted by atomic mass is 10.2. The van der Waals surface area contributed by atoms with Crippen LogP contribution in [0.3, 0.4) is 0 Å². The standard InChI is InChI=1S/C20H16N2O6/c21-15-9-16(22)18(10-17(15)23)28-20(26)12-3-7-14(8-4-12)27-13-5-1-11(2-6-13)19(24)25/h1-10,23H,21-22H2,(H,24,25). The quantitative estimate of drug-likeness (QED) is 0.173. The molecule has 3 aromatic carbocycles. The van der Waals surface area contributed by atoms with Crippen LogP contribution in [-0.2, 0) is 0 Å². The van der Waals surface area contributed by atoms with Crippen LogP contribution < -0.4 is 20.9 Å². The average Bonchev–Trinajstić information content (AvgIpc) is 2.67. The van der Waals surface area contributed by atoms with Gasteiger partial charge in [0.2, 0.25) is 0 Å².